The van der Waals surface area contributed by atoms with Gasteiger partial charge in [-0.1, -0.05) is 80.6 Å². The molecule has 11 nitrogen and oxygen atoms in total. The van der Waals surface area contributed by atoms with Gasteiger partial charge in [-0.3, -0.25) is 19.7 Å². The molecular formula is C37H40N6O5. The first-order valence-electron chi connectivity index (χ1n) is 16.2. The monoisotopic (exact) mass is 648 g/mol. The number of aromatic amines is 2. The van der Waals surface area contributed by atoms with Gasteiger partial charge in [0.2, 0.25) is 17.7 Å². The molecule has 0 fully saturated rings. The first-order valence-corrected chi connectivity index (χ1v) is 16.2. The summed E-state index contributed by atoms with van der Waals surface area (Å²) < 4.78 is 0. The Labute approximate surface area is 277 Å². The van der Waals surface area contributed by atoms with Gasteiger partial charge in [0.05, 0.1) is 6.04 Å². The first kappa shape index (κ1) is 32.5. The molecule has 1 aliphatic heterocycles. The minimum absolute atomic E-state index is 0.0499. The normalized spacial score (nSPS) is 16.2. The Morgan fingerprint density at radius 2 is 1.46 bits per heavy atom. The number of benzene rings is 3. The number of amides is 3. The van der Waals surface area contributed by atoms with Crippen LogP contribution in [0.2, 0.25) is 0 Å². The van der Waals surface area contributed by atoms with Crippen molar-refractivity contribution in [3.63, 3.8) is 0 Å². The van der Waals surface area contributed by atoms with Crippen LogP contribution in [0.3, 0.4) is 0 Å². The van der Waals surface area contributed by atoms with Crippen LogP contribution in [0.25, 0.3) is 21.8 Å². The topological polar surface area (TPSA) is 168 Å². The second-order valence-electron chi connectivity index (χ2n) is 12.7. The Hall–Kier alpha value is -5.42. The van der Waals surface area contributed by atoms with Crippen LogP contribution in [-0.2, 0) is 45.0 Å². The van der Waals surface area contributed by atoms with E-state index in [-0.39, 0.29) is 24.7 Å². The summed E-state index contributed by atoms with van der Waals surface area (Å²) in [6.45, 7) is 4.14. The Bertz CT molecular complexity index is 1950. The van der Waals surface area contributed by atoms with Crippen molar-refractivity contribution >= 4 is 45.5 Å². The van der Waals surface area contributed by atoms with Gasteiger partial charge in [0.25, 0.3) is 0 Å². The van der Waals surface area contributed by atoms with E-state index in [0.717, 1.165) is 44.2 Å². The Morgan fingerprint density at radius 1 is 0.792 bits per heavy atom. The van der Waals surface area contributed by atoms with Crippen LogP contribution in [0.5, 0.6) is 0 Å². The highest BCUT2D eigenvalue weighted by molar-refractivity contribution is 5.95. The minimum atomic E-state index is -1.24. The van der Waals surface area contributed by atoms with E-state index < -0.39 is 42.0 Å². The quantitative estimate of drug-likeness (QED) is 0.110. The smallest absolute Gasteiger partial charge is 0.326 e. The van der Waals surface area contributed by atoms with Crippen LogP contribution in [0.1, 0.15) is 36.2 Å². The second kappa shape index (κ2) is 14.1. The number of carboxylic acid groups (broad SMARTS) is 1. The number of fused-ring (bicyclic) bond motifs is 4. The molecule has 7 N–H and O–H groups in total. The van der Waals surface area contributed by atoms with Crippen molar-refractivity contribution in [2.45, 2.75) is 63.8 Å². The third-order valence-corrected chi connectivity index (χ3v) is 9.03. The van der Waals surface area contributed by atoms with E-state index in [2.05, 4.69) is 31.2 Å². The van der Waals surface area contributed by atoms with Crippen molar-refractivity contribution in [1.82, 2.24) is 31.2 Å². The number of aromatic nitrogens is 2. The molecule has 11 heteroatoms. The van der Waals surface area contributed by atoms with Crippen LogP contribution in [-0.4, -0.2) is 62.9 Å². The molecule has 3 heterocycles. The minimum Gasteiger partial charge on any atom is -0.480 e. The summed E-state index contributed by atoms with van der Waals surface area (Å²) in [5, 5.41) is 23.7. The van der Waals surface area contributed by atoms with Crippen molar-refractivity contribution in [2.24, 2.45) is 5.92 Å². The number of para-hydroxylation sites is 2. The molecule has 0 saturated carbocycles. The maximum Gasteiger partial charge on any atom is 0.326 e. The fraction of sp³-hybridized carbons (Fsp3) is 0.297. The number of aliphatic carboxylic acids is 1. The molecule has 0 unspecified atom stereocenters. The van der Waals surface area contributed by atoms with Crippen LogP contribution in [0, 0.1) is 5.92 Å². The SMILES string of the molecule is CC(C)[C@H](NC(=O)[C@@H]1Cc2c([nH]c3ccccc23)CN1)C(=O)N[C@@H](Cc1ccccc1)C(=O)N[C@@H](Cc1c[nH]c2ccccc12)C(=O)O. The number of carboxylic acids is 1. The summed E-state index contributed by atoms with van der Waals surface area (Å²) in [5.74, 6) is -2.96. The highest BCUT2D eigenvalue weighted by Crippen LogP contribution is 2.26. The van der Waals surface area contributed by atoms with Crippen molar-refractivity contribution in [1.29, 1.82) is 0 Å². The van der Waals surface area contributed by atoms with Crippen molar-refractivity contribution in [2.75, 3.05) is 0 Å². The summed E-state index contributed by atoms with van der Waals surface area (Å²) in [6, 6.07) is 20.9. The summed E-state index contributed by atoms with van der Waals surface area (Å²) in [4.78, 5) is 60.0. The molecule has 0 spiro atoms. The Kier molecular flexibility index (Phi) is 9.58. The zero-order valence-corrected chi connectivity index (χ0v) is 26.9. The predicted molar refractivity (Wildman–Crippen MR) is 183 cm³/mol. The summed E-state index contributed by atoms with van der Waals surface area (Å²) in [6.07, 6.45) is 2.38. The number of H-pyrrole nitrogens is 2. The molecule has 4 atom stereocenters. The number of nitrogens with one attached hydrogen (secondary N) is 6. The van der Waals surface area contributed by atoms with Gasteiger partial charge >= 0.3 is 5.97 Å². The van der Waals surface area contributed by atoms with Gasteiger partial charge in [0.15, 0.2) is 0 Å². The van der Waals surface area contributed by atoms with E-state index in [1.807, 2.05) is 92.7 Å². The maximum absolute atomic E-state index is 13.8. The molecule has 3 aromatic carbocycles. The van der Waals surface area contributed by atoms with E-state index in [0.29, 0.717) is 13.0 Å². The van der Waals surface area contributed by atoms with Crippen molar-refractivity contribution < 1.29 is 24.3 Å². The van der Waals surface area contributed by atoms with Gasteiger partial charge in [0.1, 0.15) is 18.1 Å². The zero-order chi connectivity index (χ0) is 33.8. The van der Waals surface area contributed by atoms with Crippen LogP contribution < -0.4 is 21.3 Å². The average molecular weight is 649 g/mol. The van der Waals surface area contributed by atoms with E-state index in [4.69, 9.17) is 0 Å². The molecule has 0 bridgehead atoms. The van der Waals surface area contributed by atoms with E-state index in [1.54, 1.807) is 6.20 Å². The molecular weight excluding hydrogens is 608 g/mol. The summed E-state index contributed by atoms with van der Waals surface area (Å²) >= 11 is 0. The largest absolute Gasteiger partial charge is 0.480 e. The fourth-order valence-electron chi connectivity index (χ4n) is 6.43. The summed E-state index contributed by atoms with van der Waals surface area (Å²) in [7, 11) is 0. The number of hydrogen-bond donors (Lipinski definition) is 7. The van der Waals surface area contributed by atoms with E-state index in [9.17, 15) is 24.3 Å². The summed E-state index contributed by atoms with van der Waals surface area (Å²) in [5.41, 5.74) is 5.53. The maximum atomic E-state index is 13.8. The highest BCUT2D eigenvalue weighted by Gasteiger charge is 2.34. The lowest BCUT2D eigenvalue weighted by molar-refractivity contribution is -0.142. The lowest BCUT2D eigenvalue weighted by atomic mass is 9.96. The number of carbonyl (C=O) groups excluding carboxylic acids is 3. The Balaban J connectivity index is 1.17. The molecule has 5 aromatic rings. The van der Waals surface area contributed by atoms with E-state index in [1.165, 1.54) is 0 Å². The van der Waals surface area contributed by atoms with Crippen molar-refractivity contribution in [3.05, 3.63) is 107 Å². The van der Waals surface area contributed by atoms with Gasteiger partial charge in [-0.15, -0.1) is 0 Å². The molecule has 0 saturated heterocycles. The molecule has 248 valence electrons. The van der Waals surface area contributed by atoms with Crippen LogP contribution >= 0.6 is 0 Å². The van der Waals surface area contributed by atoms with E-state index >= 15 is 0 Å². The predicted octanol–water partition coefficient (Wildman–Crippen LogP) is 3.34. The van der Waals surface area contributed by atoms with Gasteiger partial charge in [-0.2, -0.15) is 0 Å². The van der Waals surface area contributed by atoms with Gasteiger partial charge in [-0.25, -0.2) is 4.79 Å². The molecule has 0 aliphatic carbocycles. The molecule has 1 aliphatic rings. The average Bonchev–Trinajstić information content (AvgIpc) is 3.67. The second-order valence-corrected chi connectivity index (χ2v) is 12.7. The molecule has 0 radical (unpaired) electrons. The third-order valence-electron chi connectivity index (χ3n) is 9.03. The van der Waals surface area contributed by atoms with Gasteiger partial charge in [0, 0.05) is 53.1 Å². The van der Waals surface area contributed by atoms with Crippen molar-refractivity contribution in [3.8, 4) is 0 Å². The first-order chi connectivity index (χ1) is 23.2. The zero-order valence-electron chi connectivity index (χ0n) is 26.9. The standard InChI is InChI=1S/C37H40N6O5/c1-21(2)33(43-34(44)29-18-26-25-13-7-9-15-28(25)40-32(26)20-39-29)36(46)41-30(16-22-10-4-3-5-11-22)35(45)42-31(37(47)48)17-23-19-38-27-14-8-6-12-24(23)27/h3-15,19,21,29-31,33,38-40H,16-18,20H2,1-2H3,(H,41,46)(H,42,45)(H,43,44)(H,47,48)/t29-,30-,31-,33-/m0/s1. The van der Waals surface area contributed by atoms with Crippen LogP contribution in [0.15, 0.2) is 85.1 Å². The van der Waals surface area contributed by atoms with Crippen LogP contribution in [0.4, 0.5) is 0 Å². The lowest BCUT2D eigenvalue weighted by Crippen LogP contribution is -2.59. The van der Waals surface area contributed by atoms with Gasteiger partial charge in [-0.05, 0) is 41.2 Å². The Morgan fingerprint density at radius 3 is 2.19 bits per heavy atom. The molecule has 2 aromatic heterocycles. The fourth-order valence-corrected chi connectivity index (χ4v) is 6.43. The number of rotatable bonds is 12. The van der Waals surface area contributed by atoms with Gasteiger partial charge < -0.3 is 31.0 Å². The molecule has 6 rings (SSSR count). The highest BCUT2D eigenvalue weighted by atomic mass is 16.4. The molecule has 3 amide bonds. The number of hydrogen-bond acceptors (Lipinski definition) is 5. The molecule has 48 heavy (non-hydrogen) atoms. The number of carbonyl (C=O) groups is 4. The third kappa shape index (κ3) is 7.11. The lowest BCUT2D eigenvalue weighted by Gasteiger charge is -2.29.